The van der Waals surface area contributed by atoms with Gasteiger partial charge in [-0.25, -0.2) is 9.97 Å². The van der Waals surface area contributed by atoms with E-state index in [9.17, 15) is 0 Å². The molecule has 0 saturated carbocycles. The molecule has 0 atom stereocenters. The summed E-state index contributed by atoms with van der Waals surface area (Å²) in [6.45, 7) is 14.1. The predicted molar refractivity (Wildman–Crippen MR) is 117 cm³/mol. The highest BCUT2D eigenvalue weighted by molar-refractivity contribution is 7.80. The fourth-order valence-corrected chi connectivity index (χ4v) is 3.51. The van der Waals surface area contributed by atoms with Gasteiger partial charge in [0.05, 0.1) is 0 Å². The molecule has 3 rings (SSSR count). The van der Waals surface area contributed by atoms with Crippen LogP contribution in [0, 0.1) is 20.8 Å². The Balaban J connectivity index is 1.63. The molecular formula is C21H29N5S. The van der Waals surface area contributed by atoms with E-state index in [0.717, 1.165) is 54.3 Å². The fourth-order valence-electron chi connectivity index (χ4n) is 3.21. The van der Waals surface area contributed by atoms with Crippen LogP contribution in [0.1, 0.15) is 42.4 Å². The lowest BCUT2D eigenvalue weighted by Gasteiger charge is -2.37. The number of aryl methyl sites for hydroxylation is 2. The van der Waals surface area contributed by atoms with E-state index in [1.807, 2.05) is 6.92 Å². The van der Waals surface area contributed by atoms with Crippen molar-refractivity contribution in [1.29, 1.82) is 0 Å². The summed E-state index contributed by atoms with van der Waals surface area (Å²) in [7, 11) is 0. The number of benzene rings is 1. The number of nitrogens with zero attached hydrogens (tertiary/aromatic N) is 4. The molecule has 144 valence electrons. The van der Waals surface area contributed by atoms with E-state index >= 15 is 0 Å². The Hall–Kier alpha value is -2.21. The van der Waals surface area contributed by atoms with Gasteiger partial charge in [0.25, 0.3) is 0 Å². The molecule has 1 aliphatic rings. The second-order valence-corrected chi connectivity index (χ2v) is 7.92. The molecule has 1 aromatic carbocycles. The molecule has 5 nitrogen and oxygen atoms in total. The van der Waals surface area contributed by atoms with E-state index in [1.165, 1.54) is 11.1 Å². The first-order valence-corrected chi connectivity index (χ1v) is 9.98. The molecular weight excluding hydrogens is 354 g/mol. The van der Waals surface area contributed by atoms with Crippen LogP contribution in [0.3, 0.4) is 0 Å². The number of hydrogen-bond acceptors (Lipinski definition) is 4. The summed E-state index contributed by atoms with van der Waals surface area (Å²) in [6.07, 6.45) is 0. The van der Waals surface area contributed by atoms with Crippen molar-refractivity contribution in [1.82, 2.24) is 14.9 Å². The van der Waals surface area contributed by atoms with Gasteiger partial charge in [0, 0.05) is 49.5 Å². The average molecular weight is 384 g/mol. The van der Waals surface area contributed by atoms with Gasteiger partial charge in [-0.05, 0) is 50.2 Å². The highest BCUT2D eigenvalue weighted by Crippen LogP contribution is 2.21. The molecule has 2 aromatic rings. The van der Waals surface area contributed by atoms with Crippen LogP contribution in [0.15, 0.2) is 24.3 Å². The summed E-state index contributed by atoms with van der Waals surface area (Å²) in [6, 6.07) is 8.35. The molecule has 0 unspecified atom stereocenters. The molecule has 0 bridgehead atoms. The number of hydrogen-bond donors (Lipinski definition) is 1. The normalized spacial score (nSPS) is 14.6. The number of nitrogens with one attached hydrogen (secondary N) is 1. The number of thiocarbonyl (C=S) groups is 1. The molecule has 1 aliphatic heterocycles. The number of piperazine rings is 1. The van der Waals surface area contributed by atoms with Gasteiger partial charge in [0.1, 0.15) is 11.6 Å². The predicted octanol–water partition coefficient (Wildman–Crippen LogP) is 4.04. The van der Waals surface area contributed by atoms with Gasteiger partial charge >= 0.3 is 0 Å². The van der Waals surface area contributed by atoms with Gasteiger partial charge in [-0.15, -0.1) is 0 Å². The Labute approximate surface area is 167 Å². The molecule has 1 aromatic heterocycles. The summed E-state index contributed by atoms with van der Waals surface area (Å²) in [5.41, 5.74) is 4.64. The van der Waals surface area contributed by atoms with Crippen LogP contribution in [0.5, 0.6) is 0 Å². The molecule has 1 saturated heterocycles. The minimum Gasteiger partial charge on any atom is -0.353 e. The van der Waals surface area contributed by atoms with Gasteiger partial charge in [-0.2, -0.15) is 0 Å². The lowest BCUT2D eigenvalue weighted by atomic mass is 10.1. The van der Waals surface area contributed by atoms with Crippen molar-refractivity contribution in [2.24, 2.45) is 0 Å². The second kappa shape index (κ2) is 8.21. The van der Waals surface area contributed by atoms with Crippen molar-refractivity contribution in [3.05, 3.63) is 46.9 Å². The minimum absolute atomic E-state index is 0.333. The standard InChI is InChI=1S/C21H29N5S/c1-14(2)20-22-16(4)13-19(24-20)25-9-11-26(12-10-25)21(27)23-18-8-6-7-15(3)17(18)5/h6-8,13-14H,9-12H2,1-5H3,(H,23,27). The maximum Gasteiger partial charge on any atom is 0.173 e. The first-order valence-electron chi connectivity index (χ1n) is 9.58. The van der Waals surface area contributed by atoms with Crippen LogP contribution in [0.4, 0.5) is 11.5 Å². The quantitative estimate of drug-likeness (QED) is 0.807. The molecule has 1 N–H and O–H groups in total. The topological polar surface area (TPSA) is 44.3 Å². The molecule has 0 radical (unpaired) electrons. The van der Waals surface area contributed by atoms with Crippen molar-refractivity contribution in [2.45, 2.75) is 40.5 Å². The molecule has 0 amide bonds. The average Bonchev–Trinajstić information content (AvgIpc) is 2.65. The molecule has 1 fully saturated rings. The van der Waals surface area contributed by atoms with E-state index in [0.29, 0.717) is 5.92 Å². The largest absolute Gasteiger partial charge is 0.353 e. The van der Waals surface area contributed by atoms with Gasteiger partial charge in [-0.3, -0.25) is 0 Å². The smallest absolute Gasteiger partial charge is 0.173 e. The van der Waals surface area contributed by atoms with Crippen molar-refractivity contribution >= 4 is 28.8 Å². The Morgan fingerprint density at radius 1 is 1.07 bits per heavy atom. The summed E-state index contributed by atoms with van der Waals surface area (Å²) in [5.74, 6) is 2.28. The van der Waals surface area contributed by atoms with Crippen LogP contribution >= 0.6 is 12.2 Å². The maximum atomic E-state index is 5.66. The molecule has 27 heavy (non-hydrogen) atoms. The second-order valence-electron chi connectivity index (χ2n) is 7.53. The molecule has 0 aliphatic carbocycles. The Bertz CT molecular complexity index is 825. The van der Waals surface area contributed by atoms with Crippen molar-refractivity contribution in [3.8, 4) is 0 Å². The van der Waals surface area contributed by atoms with Crippen molar-refractivity contribution in [2.75, 3.05) is 36.4 Å². The van der Waals surface area contributed by atoms with E-state index in [1.54, 1.807) is 0 Å². The van der Waals surface area contributed by atoms with E-state index in [-0.39, 0.29) is 0 Å². The van der Waals surface area contributed by atoms with E-state index < -0.39 is 0 Å². The first-order chi connectivity index (χ1) is 12.8. The number of rotatable bonds is 3. The number of aromatic nitrogens is 2. The Morgan fingerprint density at radius 2 is 1.78 bits per heavy atom. The minimum atomic E-state index is 0.333. The highest BCUT2D eigenvalue weighted by atomic mass is 32.1. The van der Waals surface area contributed by atoms with Gasteiger partial charge < -0.3 is 15.1 Å². The van der Waals surface area contributed by atoms with E-state index in [2.05, 4.69) is 72.1 Å². The third-order valence-electron chi connectivity index (χ3n) is 5.11. The maximum absolute atomic E-state index is 5.66. The molecule has 0 spiro atoms. The SMILES string of the molecule is Cc1cc(N2CCN(C(=S)Nc3cccc(C)c3C)CC2)nc(C(C)C)n1. The van der Waals surface area contributed by atoms with Gasteiger partial charge in [-0.1, -0.05) is 26.0 Å². The monoisotopic (exact) mass is 383 g/mol. The third kappa shape index (κ3) is 4.56. The molecule has 2 heterocycles. The molecule has 6 heteroatoms. The van der Waals surface area contributed by atoms with Crippen LogP contribution < -0.4 is 10.2 Å². The van der Waals surface area contributed by atoms with Crippen molar-refractivity contribution < 1.29 is 0 Å². The summed E-state index contributed by atoms with van der Waals surface area (Å²) >= 11 is 5.66. The zero-order chi connectivity index (χ0) is 19.6. The summed E-state index contributed by atoms with van der Waals surface area (Å²) in [4.78, 5) is 13.9. The summed E-state index contributed by atoms with van der Waals surface area (Å²) < 4.78 is 0. The van der Waals surface area contributed by atoms with E-state index in [4.69, 9.17) is 17.2 Å². The van der Waals surface area contributed by atoms with Crippen LogP contribution in [0.25, 0.3) is 0 Å². The number of anilines is 2. The highest BCUT2D eigenvalue weighted by Gasteiger charge is 2.21. The van der Waals surface area contributed by atoms with Crippen LogP contribution in [-0.4, -0.2) is 46.2 Å². The summed E-state index contributed by atoms with van der Waals surface area (Å²) in [5, 5.41) is 4.22. The zero-order valence-corrected chi connectivity index (χ0v) is 17.7. The zero-order valence-electron chi connectivity index (χ0n) is 16.9. The van der Waals surface area contributed by atoms with Gasteiger partial charge in [0.15, 0.2) is 5.11 Å². The van der Waals surface area contributed by atoms with Crippen LogP contribution in [0.2, 0.25) is 0 Å². The fraction of sp³-hybridized carbons (Fsp3) is 0.476. The van der Waals surface area contributed by atoms with Crippen molar-refractivity contribution in [3.63, 3.8) is 0 Å². The lowest BCUT2D eigenvalue weighted by molar-refractivity contribution is 0.389. The lowest BCUT2D eigenvalue weighted by Crippen LogP contribution is -2.50. The van der Waals surface area contributed by atoms with Gasteiger partial charge in [0.2, 0.25) is 0 Å². The van der Waals surface area contributed by atoms with Crippen LogP contribution in [-0.2, 0) is 0 Å². The third-order valence-corrected chi connectivity index (χ3v) is 5.47. The Kier molecular flexibility index (Phi) is 5.95. The Morgan fingerprint density at radius 3 is 2.44 bits per heavy atom. The first kappa shape index (κ1) is 19.5.